The van der Waals surface area contributed by atoms with Crippen LogP contribution in [0.4, 0.5) is 5.82 Å². The van der Waals surface area contributed by atoms with E-state index in [1.807, 2.05) is 30.5 Å². The summed E-state index contributed by atoms with van der Waals surface area (Å²) < 4.78 is 1.60. The molecule has 0 amide bonds. The molecular weight excluding hydrogens is 366 g/mol. The van der Waals surface area contributed by atoms with E-state index in [1.165, 1.54) is 16.9 Å². The first-order chi connectivity index (χ1) is 12.5. The zero-order valence-electron chi connectivity index (χ0n) is 14.3. The van der Waals surface area contributed by atoms with Crippen LogP contribution in [0, 0.1) is 13.8 Å². The summed E-state index contributed by atoms with van der Waals surface area (Å²) >= 11 is 7.71. The van der Waals surface area contributed by atoms with E-state index < -0.39 is 0 Å². The van der Waals surface area contributed by atoms with E-state index in [-0.39, 0.29) is 0 Å². The van der Waals surface area contributed by atoms with Crippen LogP contribution in [0.2, 0.25) is 5.02 Å². The van der Waals surface area contributed by atoms with Gasteiger partial charge in [0, 0.05) is 16.0 Å². The fourth-order valence-corrected chi connectivity index (χ4v) is 3.67. The molecule has 26 heavy (non-hydrogen) atoms. The van der Waals surface area contributed by atoms with E-state index in [1.54, 1.807) is 4.68 Å². The molecule has 2 aromatic carbocycles. The van der Waals surface area contributed by atoms with Crippen molar-refractivity contribution in [1.29, 1.82) is 0 Å². The fourth-order valence-electron chi connectivity index (χ4n) is 2.68. The minimum atomic E-state index is 0.445. The number of nitrogen functional groups attached to an aromatic ring is 1. The van der Waals surface area contributed by atoms with E-state index in [0.717, 1.165) is 27.5 Å². The smallest absolute Gasteiger partial charge is 0.165 e. The molecule has 0 bridgehead atoms. The van der Waals surface area contributed by atoms with E-state index >= 15 is 0 Å². The first-order valence-electron chi connectivity index (χ1n) is 8.04. The standard InChI is InChI=1S/C19H16ClN5S/c1-11-6-8-13(9-7-11)15-10-26-19(22-15)17-18(21)25(24-23-17)16-5-3-4-14(20)12(16)2/h3-10H,21H2,1-2H3. The van der Waals surface area contributed by atoms with Gasteiger partial charge in [0.25, 0.3) is 0 Å². The average Bonchev–Trinajstić information content (AvgIpc) is 3.25. The summed E-state index contributed by atoms with van der Waals surface area (Å²) in [6.07, 6.45) is 0. The van der Waals surface area contributed by atoms with Gasteiger partial charge in [-0.25, -0.2) is 4.98 Å². The van der Waals surface area contributed by atoms with Crippen LogP contribution in [0.25, 0.3) is 27.6 Å². The molecule has 7 heteroatoms. The molecule has 0 aliphatic rings. The van der Waals surface area contributed by atoms with Crippen LogP contribution in [0.5, 0.6) is 0 Å². The van der Waals surface area contributed by atoms with Crippen LogP contribution >= 0.6 is 22.9 Å². The third-order valence-corrected chi connectivity index (χ3v) is 5.48. The summed E-state index contributed by atoms with van der Waals surface area (Å²) in [5.41, 5.74) is 11.8. The molecule has 0 atom stereocenters. The van der Waals surface area contributed by atoms with Crippen molar-refractivity contribution >= 4 is 28.8 Å². The molecule has 2 aromatic heterocycles. The van der Waals surface area contributed by atoms with Crippen LogP contribution in [-0.4, -0.2) is 20.0 Å². The van der Waals surface area contributed by atoms with Gasteiger partial charge in [-0.1, -0.05) is 52.7 Å². The van der Waals surface area contributed by atoms with Gasteiger partial charge in [0.2, 0.25) is 0 Å². The van der Waals surface area contributed by atoms with Crippen LogP contribution < -0.4 is 5.73 Å². The number of anilines is 1. The van der Waals surface area contributed by atoms with Crippen molar-refractivity contribution < 1.29 is 0 Å². The summed E-state index contributed by atoms with van der Waals surface area (Å²) in [7, 11) is 0. The molecule has 0 saturated heterocycles. The first-order valence-corrected chi connectivity index (χ1v) is 9.30. The largest absolute Gasteiger partial charge is 0.382 e. The molecule has 2 N–H and O–H groups in total. The van der Waals surface area contributed by atoms with Gasteiger partial charge in [-0.05, 0) is 31.5 Å². The average molecular weight is 382 g/mol. The second kappa shape index (κ2) is 6.55. The number of halogens is 1. The second-order valence-corrected chi connectivity index (χ2v) is 7.29. The molecule has 0 aliphatic heterocycles. The molecule has 0 radical (unpaired) electrons. The summed E-state index contributed by atoms with van der Waals surface area (Å²) in [6.45, 7) is 3.99. The maximum Gasteiger partial charge on any atom is 0.165 e. The number of thiazole rings is 1. The van der Waals surface area contributed by atoms with Crippen molar-refractivity contribution in [3.8, 4) is 27.6 Å². The molecule has 0 fully saturated rings. The van der Waals surface area contributed by atoms with Gasteiger partial charge in [-0.3, -0.25) is 0 Å². The molecule has 0 spiro atoms. The molecule has 5 nitrogen and oxygen atoms in total. The third kappa shape index (κ3) is 2.87. The predicted molar refractivity (Wildman–Crippen MR) is 107 cm³/mol. The van der Waals surface area contributed by atoms with Gasteiger partial charge in [-0.2, -0.15) is 4.68 Å². The number of nitrogens with zero attached hydrogens (tertiary/aromatic N) is 4. The Morgan fingerprint density at radius 2 is 1.85 bits per heavy atom. The Morgan fingerprint density at radius 1 is 1.08 bits per heavy atom. The highest BCUT2D eigenvalue weighted by atomic mass is 35.5. The zero-order chi connectivity index (χ0) is 18.3. The van der Waals surface area contributed by atoms with E-state index in [4.69, 9.17) is 17.3 Å². The Balaban J connectivity index is 1.73. The number of hydrogen-bond acceptors (Lipinski definition) is 5. The van der Waals surface area contributed by atoms with Crippen LogP contribution in [-0.2, 0) is 0 Å². The summed E-state index contributed by atoms with van der Waals surface area (Å²) in [6, 6.07) is 13.9. The lowest BCUT2D eigenvalue weighted by molar-refractivity contribution is 0.806. The van der Waals surface area contributed by atoms with E-state index in [0.29, 0.717) is 16.5 Å². The Morgan fingerprint density at radius 3 is 2.62 bits per heavy atom. The summed E-state index contributed by atoms with van der Waals surface area (Å²) in [5.74, 6) is 0.445. The number of hydrogen-bond donors (Lipinski definition) is 1. The quantitative estimate of drug-likeness (QED) is 0.547. The van der Waals surface area contributed by atoms with Crippen molar-refractivity contribution in [2.75, 3.05) is 5.73 Å². The molecule has 2 heterocycles. The van der Waals surface area contributed by atoms with Gasteiger partial charge in [0.05, 0.1) is 11.4 Å². The molecule has 0 unspecified atom stereocenters. The van der Waals surface area contributed by atoms with Gasteiger partial charge in [0.1, 0.15) is 5.01 Å². The molecule has 0 aliphatic carbocycles. The maximum absolute atomic E-state index is 6.32. The van der Waals surface area contributed by atoms with Crippen molar-refractivity contribution in [2.45, 2.75) is 13.8 Å². The number of nitrogens with two attached hydrogens (primary N) is 1. The zero-order valence-corrected chi connectivity index (χ0v) is 15.8. The number of rotatable bonds is 3. The van der Waals surface area contributed by atoms with Crippen LogP contribution in [0.15, 0.2) is 47.8 Å². The normalized spacial score (nSPS) is 11.0. The topological polar surface area (TPSA) is 69.6 Å². The molecule has 4 rings (SSSR count). The lowest BCUT2D eigenvalue weighted by atomic mass is 10.1. The Bertz CT molecular complexity index is 1080. The number of aromatic nitrogens is 4. The van der Waals surface area contributed by atoms with Crippen molar-refractivity contribution in [3.63, 3.8) is 0 Å². The van der Waals surface area contributed by atoms with Gasteiger partial charge >= 0.3 is 0 Å². The third-order valence-electron chi connectivity index (χ3n) is 4.23. The fraction of sp³-hybridized carbons (Fsp3) is 0.105. The summed E-state index contributed by atoms with van der Waals surface area (Å²) in [5, 5.41) is 11.9. The maximum atomic E-state index is 6.32. The van der Waals surface area contributed by atoms with Gasteiger partial charge in [-0.15, -0.1) is 16.4 Å². The minimum Gasteiger partial charge on any atom is -0.382 e. The lowest BCUT2D eigenvalue weighted by Crippen LogP contribution is -2.04. The predicted octanol–water partition coefficient (Wildman–Crippen LogP) is 4.91. The Labute approximate surface area is 160 Å². The first kappa shape index (κ1) is 16.8. The molecule has 130 valence electrons. The molecule has 4 aromatic rings. The minimum absolute atomic E-state index is 0.445. The van der Waals surface area contributed by atoms with Crippen molar-refractivity contribution in [2.24, 2.45) is 0 Å². The van der Waals surface area contributed by atoms with Crippen molar-refractivity contribution in [3.05, 3.63) is 64.0 Å². The van der Waals surface area contributed by atoms with E-state index in [2.05, 4.69) is 46.5 Å². The van der Waals surface area contributed by atoms with Gasteiger partial charge < -0.3 is 5.73 Å². The highest BCUT2D eigenvalue weighted by Gasteiger charge is 2.18. The van der Waals surface area contributed by atoms with Gasteiger partial charge in [0.15, 0.2) is 11.5 Å². The van der Waals surface area contributed by atoms with Crippen LogP contribution in [0.1, 0.15) is 11.1 Å². The van der Waals surface area contributed by atoms with Crippen molar-refractivity contribution in [1.82, 2.24) is 20.0 Å². The van der Waals surface area contributed by atoms with Crippen LogP contribution in [0.3, 0.4) is 0 Å². The monoisotopic (exact) mass is 381 g/mol. The summed E-state index contributed by atoms with van der Waals surface area (Å²) in [4.78, 5) is 4.68. The molecular formula is C19H16ClN5S. The Kier molecular flexibility index (Phi) is 4.22. The molecule has 0 saturated carbocycles. The number of aryl methyl sites for hydroxylation is 1. The highest BCUT2D eigenvalue weighted by Crippen LogP contribution is 2.32. The SMILES string of the molecule is Cc1ccc(-c2csc(-c3nnn(-c4cccc(Cl)c4C)c3N)n2)cc1. The second-order valence-electron chi connectivity index (χ2n) is 6.02. The number of benzene rings is 2. The highest BCUT2D eigenvalue weighted by molar-refractivity contribution is 7.13. The van der Waals surface area contributed by atoms with E-state index in [9.17, 15) is 0 Å². The lowest BCUT2D eigenvalue weighted by Gasteiger charge is -2.07. The Hall–Kier alpha value is -2.70.